The third-order valence-electron chi connectivity index (χ3n) is 1.74. The van der Waals surface area contributed by atoms with E-state index in [1.807, 2.05) is 0 Å². The molecule has 1 aromatic rings. The van der Waals surface area contributed by atoms with Gasteiger partial charge in [-0.3, -0.25) is 9.48 Å². The maximum Gasteiger partial charge on any atom is 0.221 e. The number of carbonyl (C=O) groups excluding carboxylic acids is 1. The molecule has 0 saturated heterocycles. The summed E-state index contributed by atoms with van der Waals surface area (Å²) in [4.78, 5) is 11.2. The Morgan fingerprint density at radius 2 is 2.43 bits per heavy atom. The summed E-state index contributed by atoms with van der Waals surface area (Å²) in [7, 11) is 0. The molecule has 0 unspecified atom stereocenters. The Morgan fingerprint density at radius 1 is 1.57 bits per heavy atom. The van der Waals surface area contributed by atoms with Crippen LogP contribution in [0.3, 0.4) is 0 Å². The minimum absolute atomic E-state index is 0.0222. The molecule has 0 spiro atoms. The minimum atomic E-state index is 0.0222. The van der Waals surface area contributed by atoms with Crippen molar-refractivity contribution >= 4 is 5.91 Å². The lowest BCUT2D eigenvalue weighted by atomic mass is 10.3. The predicted molar refractivity (Wildman–Crippen MR) is 51.3 cm³/mol. The molecule has 0 aliphatic heterocycles. The monoisotopic (exact) mass is 197 g/mol. The lowest BCUT2D eigenvalue weighted by molar-refractivity contribution is -0.121. The molecule has 0 aliphatic carbocycles. The van der Waals surface area contributed by atoms with Crippen LogP contribution in [0.2, 0.25) is 0 Å². The van der Waals surface area contributed by atoms with E-state index < -0.39 is 0 Å². The van der Waals surface area contributed by atoms with Gasteiger partial charge in [-0.25, -0.2) is 0 Å². The highest BCUT2D eigenvalue weighted by molar-refractivity contribution is 5.75. The van der Waals surface area contributed by atoms with Crippen LogP contribution < -0.4 is 11.1 Å². The summed E-state index contributed by atoms with van der Waals surface area (Å²) < 4.78 is 1.63. The van der Waals surface area contributed by atoms with Crippen LogP contribution in [0.25, 0.3) is 0 Å². The van der Waals surface area contributed by atoms with Gasteiger partial charge in [0, 0.05) is 19.2 Å². The lowest BCUT2D eigenvalue weighted by Crippen LogP contribution is -2.26. The number of nitrogens with one attached hydrogen (secondary N) is 1. The molecule has 78 valence electrons. The molecule has 1 rings (SSSR count). The van der Waals surface area contributed by atoms with Crippen LogP contribution in [0.4, 0.5) is 0 Å². The van der Waals surface area contributed by atoms with Crippen LogP contribution in [0, 0.1) is 0 Å². The fourth-order valence-electron chi connectivity index (χ4n) is 0.986. The highest BCUT2D eigenvalue weighted by atomic mass is 16.1. The van der Waals surface area contributed by atoms with E-state index in [9.17, 15) is 4.79 Å². The maximum atomic E-state index is 11.2. The molecular weight excluding hydrogens is 182 g/mol. The van der Waals surface area contributed by atoms with E-state index in [1.54, 1.807) is 17.1 Å². The number of nitrogens with zero attached hydrogens (tertiary/aromatic N) is 3. The van der Waals surface area contributed by atoms with Crippen LogP contribution in [0.15, 0.2) is 12.4 Å². The summed E-state index contributed by atoms with van der Waals surface area (Å²) in [6.45, 7) is 1.81. The van der Waals surface area contributed by atoms with Crippen molar-refractivity contribution in [2.45, 2.75) is 19.4 Å². The number of aromatic nitrogens is 3. The van der Waals surface area contributed by atoms with Gasteiger partial charge in [-0.2, -0.15) is 0 Å². The number of nitrogens with two attached hydrogens (primary N) is 1. The summed E-state index contributed by atoms with van der Waals surface area (Å²) in [5, 5.41) is 10.2. The zero-order valence-corrected chi connectivity index (χ0v) is 8.02. The molecule has 1 amide bonds. The van der Waals surface area contributed by atoms with Gasteiger partial charge in [-0.15, -0.1) is 5.10 Å². The Morgan fingerprint density at radius 3 is 3.07 bits per heavy atom. The first-order chi connectivity index (χ1) is 6.83. The van der Waals surface area contributed by atoms with Crippen molar-refractivity contribution in [2.24, 2.45) is 5.73 Å². The quantitative estimate of drug-likeness (QED) is 0.581. The van der Waals surface area contributed by atoms with E-state index in [0.717, 1.165) is 6.42 Å². The standard InChI is InChI=1S/C8H15N5O/c9-3-1-4-10-8(14)2-6-13-7-5-11-12-13/h5,7H,1-4,6,9H2,(H,10,14). The van der Waals surface area contributed by atoms with E-state index in [0.29, 0.717) is 26.1 Å². The molecule has 14 heavy (non-hydrogen) atoms. The average molecular weight is 197 g/mol. The number of aryl methyl sites for hydroxylation is 1. The Labute approximate surface area is 82.5 Å². The molecule has 6 nitrogen and oxygen atoms in total. The molecule has 0 aromatic carbocycles. The molecule has 0 aliphatic rings. The topological polar surface area (TPSA) is 85.8 Å². The first-order valence-corrected chi connectivity index (χ1v) is 4.64. The van der Waals surface area contributed by atoms with E-state index in [2.05, 4.69) is 15.6 Å². The van der Waals surface area contributed by atoms with Crippen molar-refractivity contribution in [3.63, 3.8) is 0 Å². The van der Waals surface area contributed by atoms with Gasteiger partial charge in [0.05, 0.1) is 12.7 Å². The SMILES string of the molecule is NCCCNC(=O)CCn1ccnn1. The zero-order valence-electron chi connectivity index (χ0n) is 8.02. The molecule has 0 saturated carbocycles. The highest BCUT2D eigenvalue weighted by Gasteiger charge is 2.00. The third-order valence-corrected chi connectivity index (χ3v) is 1.74. The molecule has 0 radical (unpaired) electrons. The Kier molecular flexibility index (Phi) is 4.63. The second-order valence-corrected chi connectivity index (χ2v) is 2.91. The number of hydrogen-bond donors (Lipinski definition) is 2. The van der Waals surface area contributed by atoms with Crippen molar-refractivity contribution < 1.29 is 4.79 Å². The summed E-state index contributed by atoms with van der Waals surface area (Å²) in [6, 6.07) is 0. The Hall–Kier alpha value is -1.43. The molecule has 1 aromatic heterocycles. The van der Waals surface area contributed by atoms with E-state index in [1.165, 1.54) is 0 Å². The van der Waals surface area contributed by atoms with Gasteiger partial charge < -0.3 is 11.1 Å². The second kappa shape index (κ2) is 6.09. The van der Waals surface area contributed by atoms with E-state index in [-0.39, 0.29) is 5.91 Å². The zero-order chi connectivity index (χ0) is 10.2. The summed E-state index contributed by atoms with van der Waals surface area (Å²) in [6.07, 6.45) is 4.56. The largest absolute Gasteiger partial charge is 0.356 e. The fourth-order valence-corrected chi connectivity index (χ4v) is 0.986. The molecule has 0 fully saturated rings. The van der Waals surface area contributed by atoms with E-state index >= 15 is 0 Å². The Bertz CT molecular complexity index is 259. The maximum absolute atomic E-state index is 11.2. The summed E-state index contributed by atoms with van der Waals surface area (Å²) in [5.74, 6) is 0.0222. The molecule has 3 N–H and O–H groups in total. The van der Waals surface area contributed by atoms with E-state index in [4.69, 9.17) is 5.73 Å². The van der Waals surface area contributed by atoms with Crippen LogP contribution in [0.5, 0.6) is 0 Å². The summed E-state index contributed by atoms with van der Waals surface area (Å²) >= 11 is 0. The van der Waals surface area contributed by atoms with Crippen molar-refractivity contribution in [1.82, 2.24) is 20.3 Å². The van der Waals surface area contributed by atoms with Crippen LogP contribution in [0.1, 0.15) is 12.8 Å². The van der Waals surface area contributed by atoms with Crippen LogP contribution in [-0.4, -0.2) is 34.0 Å². The van der Waals surface area contributed by atoms with Gasteiger partial charge in [0.1, 0.15) is 0 Å². The highest BCUT2D eigenvalue weighted by Crippen LogP contribution is 1.87. The second-order valence-electron chi connectivity index (χ2n) is 2.91. The summed E-state index contributed by atoms with van der Waals surface area (Å²) in [5.41, 5.74) is 5.29. The lowest BCUT2D eigenvalue weighted by Gasteiger charge is -2.03. The first kappa shape index (κ1) is 10.6. The molecule has 0 bridgehead atoms. The van der Waals surface area contributed by atoms with Gasteiger partial charge in [-0.05, 0) is 13.0 Å². The number of hydrogen-bond acceptors (Lipinski definition) is 4. The number of carbonyl (C=O) groups is 1. The first-order valence-electron chi connectivity index (χ1n) is 4.64. The van der Waals surface area contributed by atoms with Crippen molar-refractivity contribution in [3.05, 3.63) is 12.4 Å². The fraction of sp³-hybridized carbons (Fsp3) is 0.625. The molecule has 6 heteroatoms. The van der Waals surface area contributed by atoms with Gasteiger partial charge in [0.2, 0.25) is 5.91 Å². The van der Waals surface area contributed by atoms with Gasteiger partial charge in [-0.1, -0.05) is 5.21 Å². The smallest absolute Gasteiger partial charge is 0.221 e. The molecular formula is C8H15N5O. The van der Waals surface area contributed by atoms with Crippen LogP contribution >= 0.6 is 0 Å². The molecule has 1 heterocycles. The average Bonchev–Trinajstić information content (AvgIpc) is 2.68. The van der Waals surface area contributed by atoms with Gasteiger partial charge >= 0.3 is 0 Å². The molecule has 0 atom stereocenters. The van der Waals surface area contributed by atoms with Crippen LogP contribution in [-0.2, 0) is 11.3 Å². The number of amides is 1. The Balaban J connectivity index is 2.09. The number of rotatable bonds is 6. The van der Waals surface area contributed by atoms with Crippen molar-refractivity contribution in [3.8, 4) is 0 Å². The third kappa shape index (κ3) is 3.99. The predicted octanol–water partition coefficient (Wildman–Crippen LogP) is -0.867. The normalized spacial score (nSPS) is 10.1. The van der Waals surface area contributed by atoms with Crippen molar-refractivity contribution in [2.75, 3.05) is 13.1 Å². The van der Waals surface area contributed by atoms with Crippen molar-refractivity contribution in [1.29, 1.82) is 0 Å². The van der Waals surface area contributed by atoms with Gasteiger partial charge in [0.25, 0.3) is 0 Å². The minimum Gasteiger partial charge on any atom is -0.356 e. The van der Waals surface area contributed by atoms with Gasteiger partial charge in [0.15, 0.2) is 0 Å².